The molecule has 7 heteroatoms. The van der Waals surface area contributed by atoms with E-state index < -0.39 is 9.84 Å². The summed E-state index contributed by atoms with van der Waals surface area (Å²) in [6.07, 6.45) is 2.30. The van der Waals surface area contributed by atoms with Crippen molar-refractivity contribution in [2.24, 2.45) is 0 Å². The molecule has 0 saturated carbocycles. The molecule has 1 saturated heterocycles. The van der Waals surface area contributed by atoms with Gasteiger partial charge in [0.2, 0.25) is 0 Å². The summed E-state index contributed by atoms with van der Waals surface area (Å²) in [6.45, 7) is 0. The van der Waals surface area contributed by atoms with E-state index in [9.17, 15) is 8.42 Å². The average Bonchev–Trinajstić information content (AvgIpc) is 2.91. The highest BCUT2D eigenvalue weighted by Crippen LogP contribution is 2.27. The Balaban J connectivity index is 2.07. The first-order valence-corrected chi connectivity index (χ1v) is 7.36. The molecule has 0 aromatic carbocycles. The predicted octanol–water partition coefficient (Wildman–Crippen LogP) is 0.503. The standard InChI is InChI=1S/C11H10N4O2S/c12-6-8-1-3-15-10(5-8)13-14-11(15)9-2-4-18(16,17)7-9/h1,3,5,9H,2,4,7H2. The Morgan fingerprint density at radius 3 is 2.94 bits per heavy atom. The first kappa shape index (κ1) is 11.2. The summed E-state index contributed by atoms with van der Waals surface area (Å²) >= 11 is 0. The second-order valence-electron chi connectivity index (χ2n) is 4.41. The predicted molar refractivity (Wildman–Crippen MR) is 63.7 cm³/mol. The fourth-order valence-electron chi connectivity index (χ4n) is 2.26. The fraction of sp³-hybridized carbons (Fsp3) is 0.364. The van der Waals surface area contributed by atoms with Crippen LogP contribution in [0.1, 0.15) is 23.7 Å². The van der Waals surface area contributed by atoms with Gasteiger partial charge in [-0.25, -0.2) is 8.42 Å². The summed E-state index contributed by atoms with van der Waals surface area (Å²) in [6, 6.07) is 5.34. The van der Waals surface area contributed by atoms with Gasteiger partial charge in [-0.3, -0.25) is 4.40 Å². The number of pyridine rings is 1. The van der Waals surface area contributed by atoms with E-state index in [0.29, 0.717) is 23.5 Å². The number of hydrogen-bond donors (Lipinski definition) is 0. The summed E-state index contributed by atoms with van der Waals surface area (Å²) in [7, 11) is -2.94. The first-order chi connectivity index (χ1) is 8.59. The van der Waals surface area contributed by atoms with E-state index in [1.54, 1.807) is 22.7 Å². The van der Waals surface area contributed by atoms with Gasteiger partial charge in [0, 0.05) is 18.2 Å². The van der Waals surface area contributed by atoms with Crippen LogP contribution in [0.4, 0.5) is 0 Å². The summed E-state index contributed by atoms with van der Waals surface area (Å²) in [4.78, 5) is 0. The summed E-state index contributed by atoms with van der Waals surface area (Å²) in [5, 5.41) is 16.8. The molecular weight excluding hydrogens is 252 g/mol. The Labute approximate surface area is 104 Å². The fourth-order valence-corrected chi connectivity index (χ4v) is 3.99. The van der Waals surface area contributed by atoms with Gasteiger partial charge in [-0.2, -0.15) is 5.26 Å². The third-order valence-corrected chi connectivity index (χ3v) is 4.93. The van der Waals surface area contributed by atoms with Crippen LogP contribution in [0, 0.1) is 11.3 Å². The molecular formula is C11H10N4O2S. The lowest BCUT2D eigenvalue weighted by molar-refractivity contribution is 0.601. The van der Waals surface area contributed by atoms with Crippen LogP contribution >= 0.6 is 0 Å². The third-order valence-electron chi connectivity index (χ3n) is 3.16. The summed E-state index contributed by atoms with van der Waals surface area (Å²) in [5.74, 6) is 0.907. The normalized spacial score (nSPS) is 22.1. The summed E-state index contributed by atoms with van der Waals surface area (Å²) < 4.78 is 24.7. The van der Waals surface area contributed by atoms with Crippen LogP contribution in [-0.2, 0) is 9.84 Å². The van der Waals surface area contributed by atoms with Gasteiger partial charge in [0.25, 0.3) is 0 Å². The molecule has 1 unspecified atom stereocenters. The third kappa shape index (κ3) is 1.75. The van der Waals surface area contributed by atoms with Crippen molar-refractivity contribution >= 4 is 15.5 Å². The second-order valence-corrected chi connectivity index (χ2v) is 6.64. The van der Waals surface area contributed by atoms with E-state index >= 15 is 0 Å². The smallest absolute Gasteiger partial charge is 0.162 e. The van der Waals surface area contributed by atoms with Gasteiger partial charge >= 0.3 is 0 Å². The van der Waals surface area contributed by atoms with Crippen molar-refractivity contribution < 1.29 is 8.42 Å². The number of fused-ring (bicyclic) bond motifs is 1. The Hall–Kier alpha value is -1.94. The van der Waals surface area contributed by atoms with Crippen molar-refractivity contribution in [3.63, 3.8) is 0 Å². The van der Waals surface area contributed by atoms with Crippen LogP contribution in [0.3, 0.4) is 0 Å². The van der Waals surface area contributed by atoms with E-state index in [1.165, 1.54) is 0 Å². The number of sulfone groups is 1. The lowest BCUT2D eigenvalue weighted by Gasteiger charge is -2.04. The van der Waals surface area contributed by atoms with E-state index in [-0.39, 0.29) is 17.4 Å². The minimum atomic E-state index is -2.94. The molecule has 0 spiro atoms. The average molecular weight is 262 g/mol. The molecule has 18 heavy (non-hydrogen) atoms. The number of hydrogen-bond acceptors (Lipinski definition) is 5. The molecule has 3 heterocycles. The number of aromatic nitrogens is 3. The molecule has 1 aliphatic heterocycles. The van der Waals surface area contributed by atoms with Gasteiger partial charge in [-0.15, -0.1) is 10.2 Å². The maximum Gasteiger partial charge on any atom is 0.162 e. The highest BCUT2D eigenvalue weighted by atomic mass is 32.2. The molecule has 0 N–H and O–H groups in total. The van der Waals surface area contributed by atoms with Crippen molar-refractivity contribution in [2.45, 2.75) is 12.3 Å². The molecule has 3 rings (SSSR count). The molecule has 0 radical (unpaired) electrons. The number of nitrogens with zero attached hydrogens (tertiary/aromatic N) is 4. The maximum absolute atomic E-state index is 11.5. The van der Waals surface area contributed by atoms with Gasteiger partial charge in [0.1, 0.15) is 5.82 Å². The van der Waals surface area contributed by atoms with Gasteiger partial charge < -0.3 is 0 Å². The molecule has 2 aromatic heterocycles. The molecule has 0 bridgehead atoms. The Morgan fingerprint density at radius 1 is 1.44 bits per heavy atom. The van der Waals surface area contributed by atoms with Crippen LogP contribution in [0.2, 0.25) is 0 Å². The zero-order valence-corrected chi connectivity index (χ0v) is 10.3. The maximum atomic E-state index is 11.5. The van der Waals surface area contributed by atoms with Crippen LogP contribution in [-0.4, -0.2) is 34.5 Å². The largest absolute Gasteiger partial charge is 0.286 e. The molecule has 6 nitrogen and oxygen atoms in total. The van der Waals surface area contributed by atoms with Gasteiger partial charge in [0.05, 0.1) is 23.1 Å². The molecule has 0 aliphatic carbocycles. The number of rotatable bonds is 1. The van der Waals surface area contributed by atoms with Gasteiger partial charge in [0.15, 0.2) is 15.5 Å². The molecule has 1 atom stereocenters. The zero-order chi connectivity index (χ0) is 12.8. The van der Waals surface area contributed by atoms with E-state index in [4.69, 9.17) is 5.26 Å². The van der Waals surface area contributed by atoms with Crippen molar-refractivity contribution in [2.75, 3.05) is 11.5 Å². The molecule has 1 aliphatic rings. The highest BCUT2D eigenvalue weighted by molar-refractivity contribution is 7.91. The molecule has 0 amide bonds. The van der Waals surface area contributed by atoms with Crippen molar-refractivity contribution in [1.29, 1.82) is 5.26 Å². The topological polar surface area (TPSA) is 88.1 Å². The summed E-state index contributed by atoms with van der Waals surface area (Å²) in [5.41, 5.74) is 1.09. The Bertz CT molecular complexity index is 757. The number of nitriles is 1. The SMILES string of the molecule is N#Cc1ccn2c(C3CCS(=O)(=O)C3)nnc2c1. The van der Waals surface area contributed by atoms with Crippen LogP contribution in [0.25, 0.3) is 5.65 Å². The van der Waals surface area contributed by atoms with Gasteiger partial charge in [-0.05, 0) is 12.5 Å². The minimum Gasteiger partial charge on any atom is -0.286 e. The lowest BCUT2D eigenvalue weighted by Crippen LogP contribution is -2.07. The van der Waals surface area contributed by atoms with Crippen LogP contribution < -0.4 is 0 Å². The van der Waals surface area contributed by atoms with Crippen LogP contribution in [0.15, 0.2) is 18.3 Å². The first-order valence-electron chi connectivity index (χ1n) is 5.54. The second kappa shape index (κ2) is 3.78. The quantitative estimate of drug-likeness (QED) is 0.746. The van der Waals surface area contributed by atoms with Gasteiger partial charge in [-0.1, -0.05) is 0 Å². The monoisotopic (exact) mass is 262 g/mol. The molecule has 1 fully saturated rings. The van der Waals surface area contributed by atoms with Crippen LogP contribution in [0.5, 0.6) is 0 Å². The van der Waals surface area contributed by atoms with Crippen molar-refractivity contribution in [1.82, 2.24) is 14.6 Å². The lowest BCUT2D eigenvalue weighted by atomic mass is 10.1. The zero-order valence-electron chi connectivity index (χ0n) is 9.44. The molecule has 92 valence electrons. The van der Waals surface area contributed by atoms with E-state index in [0.717, 1.165) is 0 Å². The Kier molecular flexibility index (Phi) is 2.35. The van der Waals surface area contributed by atoms with E-state index in [2.05, 4.69) is 10.2 Å². The van der Waals surface area contributed by atoms with E-state index in [1.807, 2.05) is 6.07 Å². The van der Waals surface area contributed by atoms with Crippen molar-refractivity contribution in [3.05, 3.63) is 29.7 Å². The Morgan fingerprint density at radius 2 is 2.28 bits per heavy atom. The minimum absolute atomic E-state index is 0.0991. The van der Waals surface area contributed by atoms with Crippen molar-refractivity contribution in [3.8, 4) is 6.07 Å². The highest BCUT2D eigenvalue weighted by Gasteiger charge is 2.32. The molecule has 2 aromatic rings.